The molecule has 0 unspecified atom stereocenters. The fourth-order valence-corrected chi connectivity index (χ4v) is 1.55. The lowest BCUT2D eigenvalue weighted by Crippen LogP contribution is -2.16. The second-order valence-corrected chi connectivity index (χ2v) is 3.18. The molecule has 0 aromatic heterocycles. The number of aliphatic hydroxyl groups is 2. The molecular weight excluding hydrogens is 140 g/mol. The first-order chi connectivity index (χ1) is 5.33. The van der Waals surface area contributed by atoms with E-state index in [9.17, 15) is 5.11 Å². The monoisotopic (exact) mass is 156 g/mol. The van der Waals surface area contributed by atoms with Crippen LogP contribution in [0.15, 0.2) is 12.2 Å². The van der Waals surface area contributed by atoms with Gasteiger partial charge in [-0.05, 0) is 31.6 Å². The molecule has 1 aliphatic carbocycles. The van der Waals surface area contributed by atoms with E-state index in [4.69, 9.17) is 5.11 Å². The van der Waals surface area contributed by atoms with E-state index in [2.05, 4.69) is 6.08 Å². The third kappa shape index (κ3) is 3.04. The maximum atomic E-state index is 9.18. The predicted octanol–water partition coefficient (Wildman–Crippen LogP) is 1.09. The molecule has 1 aliphatic rings. The standard InChI is InChI=1S/C9H16O2/c10-7-1-2-8-3-5-9(11)6-4-8/h1-2,8-11H,3-7H2. The van der Waals surface area contributed by atoms with Gasteiger partial charge in [0.2, 0.25) is 0 Å². The van der Waals surface area contributed by atoms with Gasteiger partial charge in [-0.3, -0.25) is 0 Å². The molecule has 0 heterocycles. The number of rotatable bonds is 2. The van der Waals surface area contributed by atoms with Crippen LogP contribution in [0.4, 0.5) is 0 Å². The lowest BCUT2D eigenvalue weighted by molar-refractivity contribution is 0.118. The van der Waals surface area contributed by atoms with Crippen molar-refractivity contribution in [3.63, 3.8) is 0 Å². The molecule has 2 heteroatoms. The van der Waals surface area contributed by atoms with Gasteiger partial charge in [-0.15, -0.1) is 0 Å². The Bertz CT molecular complexity index is 124. The van der Waals surface area contributed by atoms with Crippen LogP contribution >= 0.6 is 0 Å². The van der Waals surface area contributed by atoms with E-state index in [0.717, 1.165) is 25.7 Å². The van der Waals surface area contributed by atoms with Crippen LogP contribution in [0.1, 0.15) is 25.7 Å². The molecule has 0 amide bonds. The molecule has 0 aromatic carbocycles. The number of hydrogen-bond donors (Lipinski definition) is 2. The lowest BCUT2D eigenvalue weighted by atomic mass is 9.87. The summed E-state index contributed by atoms with van der Waals surface area (Å²) in [7, 11) is 0. The molecule has 0 aliphatic heterocycles. The number of hydrogen-bond acceptors (Lipinski definition) is 2. The molecule has 0 radical (unpaired) electrons. The van der Waals surface area contributed by atoms with Crippen LogP contribution < -0.4 is 0 Å². The van der Waals surface area contributed by atoms with Gasteiger partial charge in [0.15, 0.2) is 0 Å². The molecule has 1 rings (SSSR count). The van der Waals surface area contributed by atoms with Crippen LogP contribution in [0.25, 0.3) is 0 Å². The quantitative estimate of drug-likeness (QED) is 0.587. The first-order valence-corrected chi connectivity index (χ1v) is 4.28. The summed E-state index contributed by atoms with van der Waals surface area (Å²) in [5.41, 5.74) is 0. The van der Waals surface area contributed by atoms with Gasteiger partial charge in [0.25, 0.3) is 0 Å². The third-order valence-corrected chi connectivity index (χ3v) is 2.26. The highest BCUT2D eigenvalue weighted by Gasteiger charge is 2.16. The van der Waals surface area contributed by atoms with E-state index in [-0.39, 0.29) is 12.7 Å². The maximum absolute atomic E-state index is 9.18. The van der Waals surface area contributed by atoms with E-state index in [1.165, 1.54) is 0 Å². The minimum Gasteiger partial charge on any atom is -0.393 e. The molecule has 1 saturated carbocycles. The Morgan fingerprint density at radius 2 is 1.82 bits per heavy atom. The van der Waals surface area contributed by atoms with Crippen molar-refractivity contribution in [2.45, 2.75) is 31.8 Å². The third-order valence-electron chi connectivity index (χ3n) is 2.26. The van der Waals surface area contributed by atoms with E-state index in [0.29, 0.717) is 5.92 Å². The van der Waals surface area contributed by atoms with Crippen molar-refractivity contribution in [3.05, 3.63) is 12.2 Å². The first-order valence-electron chi connectivity index (χ1n) is 4.28. The van der Waals surface area contributed by atoms with Crippen LogP contribution in [-0.4, -0.2) is 22.9 Å². The van der Waals surface area contributed by atoms with Gasteiger partial charge in [-0.2, -0.15) is 0 Å². The smallest absolute Gasteiger partial charge is 0.0612 e. The van der Waals surface area contributed by atoms with Crippen molar-refractivity contribution in [2.75, 3.05) is 6.61 Å². The molecule has 2 nitrogen and oxygen atoms in total. The summed E-state index contributed by atoms with van der Waals surface area (Å²) in [6.45, 7) is 0.138. The maximum Gasteiger partial charge on any atom is 0.0612 e. The van der Waals surface area contributed by atoms with Gasteiger partial charge in [0.05, 0.1) is 12.7 Å². The van der Waals surface area contributed by atoms with E-state index in [1.807, 2.05) is 0 Å². The number of allylic oxidation sites excluding steroid dienone is 1. The minimum atomic E-state index is -0.0752. The summed E-state index contributed by atoms with van der Waals surface area (Å²) >= 11 is 0. The van der Waals surface area contributed by atoms with Crippen molar-refractivity contribution >= 4 is 0 Å². The van der Waals surface area contributed by atoms with E-state index in [1.54, 1.807) is 6.08 Å². The molecule has 11 heavy (non-hydrogen) atoms. The molecule has 0 bridgehead atoms. The second-order valence-electron chi connectivity index (χ2n) is 3.18. The van der Waals surface area contributed by atoms with Crippen LogP contribution in [0.2, 0.25) is 0 Å². The zero-order valence-corrected chi connectivity index (χ0v) is 6.74. The van der Waals surface area contributed by atoms with Crippen molar-refractivity contribution in [1.29, 1.82) is 0 Å². The SMILES string of the molecule is OCC=CC1CCC(O)CC1. The molecule has 1 fully saturated rings. The highest BCUT2D eigenvalue weighted by molar-refractivity contribution is 4.90. The Morgan fingerprint density at radius 1 is 1.18 bits per heavy atom. The Morgan fingerprint density at radius 3 is 2.36 bits per heavy atom. The molecule has 0 saturated heterocycles. The highest BCUT2D eigenvalue weighted by Crippen LogP contribution is 2.24. The summed E-state index contributed by atoms with van der Waals surface area (Å²) < 4.78 is 0. The van der Waals surface area contributed by atoms with E-state index >= 15 is 0 Å². The Labute approximate surface area is 67.6 Å². The Balaban J connectivity index is 2.22. The molecule has 0 spiro atoms. The van der Waals surface area contributed by atoms with Crippen molar-refractivity contribution in [3.8, 4) is 0 Å². The molecule has 0 atom stereocenters. The zero-order valence-electron chi connectivity index (χ0n) is 6.74. The molecule has 0 aromatic rings. The van der Waals surface area contributed by atoms with Crippen molar-refractivity contribution in [2.24, 2.45) is 5.92 Å². The number of aliphatic hydroxyl groups excluding tert-OH is 2. The summed E-state index contributed by atoms with van der Waals surface area (Å²) in [5.74, 6) is 0.588. The van der Waals surface area contributed by atoms with Crippen LogP contribution in [0, 0.1) is 5.92 Å². The average molecular weight is 156 g/mol. The lowest BCUT2D eigenvalue weighted by Gasteiger charge is -2.22. The van der Waals surface area contributed by atoms with Gasteiger partial charge < -0.3 is 10.2 Å². The van der Waals surface area contributed by atoms with Gasteiger partial charge in [0.1, 0.15) is 0 Å². The predicted molar refractivity (Wildman–Crippen MR) is 44.2 cm³/mol. The Hall–Kier alpha value is -0.340. The largest absolute Gasteiger partial charge is 0.393 e. The second kappa shape index (κ2) is 4.52. The van der Waals surface area contributed by atoms with Crippen LogP contribution in [-0.2, 0) is 0 Å². The van der Waals surface area contributed by atoms with Crippen molar-refractivity contribution < 1.29 is 10.2 Å². The zero-order chi connectivity index (χ0) is 8.10. The van der Waals surface area contributed by atoms with Crippen LogP contribution in [0.5, 0.6) is 0 Å². The first kappa shape index (κ1) is 8.75. The topological polar surface area (TPSA) is 40.5 Å². The molecule has 2 N–H and O–H groups in total. The minimum absolute atomic E-state index is 0.0752. The van der Waals surface area contributed by atoms with Crippen LogP contribution in [0.3, 0.4) is 0 Å². The van der Waals surface area contributed by atoms with E-state index < -0.39 is 0 Å². The highest BCUT2D eigenvalue weighted by atomic mass is 16.3. The molecular formula is C9H16O2. The summed E-state index contributed by atoms with van der Waals surface area (Å²) in [6.07, 6.45) is 7.75. The summed E-state index contributed by atoms with van der Waals surface area (Å²) in [5, 5.41) is 17.7. The average Bonchev–Trinajstić information content (AvgIpc) is 2.04. The molecule has 64 valence electrons. The van der Waals surface area contributed by atoms with Crippen molar-refractivity contribution in [1.82, 2.24) is 0 Å². The van der Waals surface area contributed by atoms with Gasteiger partial charge in [0, 0.05) is 0 Å². The summed E-state index contributed by atoms with van der Waals surface area (Å²) in [4.78, 5) is 0. The van der Waals surface area contributed by atoms with Gasteiger partial charge >= 0.3 is 0 Å². The normalized spacial score (nSPS) is 32.9. The van der Waals surface area contributed by atoms with Gasteiger partial charge in [-0.25, -0.2) is 0 Å². The summed E-state index contributed by atoms with van der Waals surface area (Å²) in [6, 6.07) is 0. The fraction of sp³-hybridized carbons (Fsp3) is 0.778. The fourth-order valence-electron chi connectivity index (χ4n) is 1.55. The Kier molecular flexibility index (Phi) is 3.60. The van der Waals surface area contributed by atoms with Gasteiger partial charge in [-0.1, -0.05) is 12.2 Å².